The Morgan fingerprint density at radius 1 is 1.35 bits per heavy atom. The molecule has 17 heavy (non-hydrogen) atoms. The molecule has 4 nitrogen and oxygen atoms in total. The molecule has 1 aliphatic heterocycles. The highest BCUT2D eigenvalue weighted by Crippen LogP contribution is 2.51. The molecule has 0 aromatic rings. The average Bonchev–Trinajstić information content (AvgIpc) is 2.44. The van der Waals surface area contributed by atoms with Crippen LogP contribution in [0.3, 0.4) is 0 Å². The quantitative estimate of drug-likeness (QED) is 0.486. The second-order valence-electron chi connectivity index (χ2n) is 4.85. The summed E-state index contributed by atoms with van der Waals surface area (Å²) in [7, 11) is 0. The smallest absolute Gasteiger partial charge is 0.307 e. The molecular weight excluding hydrogens is 356 g/mol. The molecule has 0 saturated carbocycles. The van der Waals surface area contributed by atoms with Crippen molar-refractivity contribution in [3.63, 3.8) is 0 Å². The fourth-order valence-corrected chi connectivity index (χ4v) is 4.28. The number of ketones is 2. The van der Waals surface area contributed by atoms with Crippen molar-refractivity contribution in [2.45, 2.75) is 30.7 Å². The van der Waals surface area contributed by atoms with Crippen LogP contribution < -0.4 is 0 Å². The van der Waals surface area contributed by atoms with Gasteiger partial charge in [-0.3, -0.25) is 14.4 Å². The lowest BCUT2D eigenvalue weighted by Gasteiger charge is -2.41. The minimum Gasteiger partial charge on any atom is -0.448 e. The Morgan fingerprint density at radius 2 is 1.94 bits per heavy atom. The Hall–Kier alpha value is -0.490. The zero-order chi connectivity index (χ0) is 13.0. The number of halogens is 2. The standard InChI is InChI=1S/C11H10Br2O4/c1-10(2)4-7(15)17-11(10)6(14)3-5(12)8(16)9(11)13/h3,9H,4H2,1-2H3. The predicted molar refractivity (Wildman–Crippen MR) is 67.0 cm³/mol. The number of allylic oxidation sites excluding steroid dienone is 1. The second kappa shape index (κ2) is 3.75. The van der Waals surface area contributed by atoms with Crippen molar-refractivity contribution in [2.75, 3.05) is 0 Å². The van der Waals surface area contributed by atoms with Crippen LogP contribution in [-0.4, -0.2) is 28.0 Å². The van der Waals surface area contributed by atoms with Crippen molar-refractivity contribution >= 4 is 49.4 Å². The highest BCUT2D eigenvalue weighted by molar-refractivity contribution is 9.12. The molecule has 0 aromatic carbocycles. The van der Waals surface area contributed by atoms with Gasteiger partial charge < -0.3 is 4.74 Å². The average molecular weight is 366 g/mol. The van der Waals surface area contributed by atoms with Crippen LogP contribution in [0.25, 0.3) is 0 Å². The molecule has 1 aliphatic carbocycles. The Labute approximate surface area is 115 Å². The number of alkyl halides is 1. The number of esters is 1. The third kappa shape index (κ3) is 1.57. The fraction of sp³-hybridized carbons (Fsp3) is 0.545. The first-order valence-electron chi connectivity index (χ1n) is 5.04. The second-order valence-corrected chi connectivity index (χ2v) is 6.62. The van der Waals surface area contributed by atoms with Gasteiger partial charge in [0.25, 0.3) is 0 Å². The highest BCUT2D eigenvalue weighted by atomic mass is 79.9. The van der Waals surface area contributed by atoms with Crippen molar-refractivity contribution in [3.05, 3.63) is 10.6 Å². The lowest BCUT2D eigenvalue weighted by atomic mass is 9.68. The summed E-state index contributed by atoms with van der Waals surface area (Å²) in [6, 6.07) is 0. The van der Waals surface area contributed by atoms with Crippen LogP contribution in [0.4, 0.5) is 0 Å². The summed E-state index contributed by atoms with van der Waals surface area (Å²) < 4.78 is 5.43. The molecule has 6 heteroatoms. The number of hydrogen-bond acceptors (Lipinski definition) is 4. The van der Waals surface area contributed by atoms with E-state index in [1.54, 1.807) is 13.8 Å². The summed E-state index contributed by atoms with van der Waals surface area (Å²) >= 11 is 6.24. The summed E-state index contributed by atoms with van der Waals surface area (Å²) in [6.45, 7) is 3.51. The molecule has 1 spiro atoms. The van der Waals surface area contributed by atoms with Gasteiger partial charge in [-0.1, -0.05) is 29.8 Å². The minimum absolute atomic E-state index is 0.125. The molecule has 0 amide bonds. The van der Waals surface area contributed by atoms with E-state index in [0.29, 0.717) is 0 Å². The van der Waals surface area contributed by atoms with Gasteiger partial charge in [-0.15, -0.1) is 0 Å². The first-order chi connectivity index (χ1) is 7.72. The number of rotatable bonds is 0. The maximum atomic E-state index is 12.2. The number of carbonyl (C=O) groups is 3. The third-order valence-electron chi connectivity index (χ3n) is 3.31. The van der Waals surface area contributed by atoms with Gasteiger partial charge in [-0.25, -0.2) is 0 Å². The van der Waals surface area contributed by atoms with Gasteiger partial charge in [0.05, 0.1) is 10.9 Å². The van der Waals surface area contributed by atoms with E-state index in [4.69, 9.17) is 4.74 Å². The van der Waals surface area contributed by atoms with Gasteiger partial charge in [-0.05, 0) is 15.9 Å². The van der Waals surface area contributed by atoms with Crippen LogP contribution in [-0.2, 0) is 19.1 Å². The number of hydrogen-bond donors (Lipinski definition) is 0. The summed E-state index contributed by atoms with van der Waals surface area (Å²) in [4.78, 5) is 34.7. The van der Waals surface area contributed by atoms with E-state index >= 15 is 0 Å². The first-order valence-corrected chi connectivity index (χ1v) is 6.75. The molecule has 2 unspecified atom stereocenters. The van der Waals surface area contributed by atoms with Gasteiger partial charge >= 0.3 is 5.97 Å². The summed E-state index contributed by atoms with van der Waals surface area (Å²) in [5, 5.41) is 0. The van der Waals surface area contributed by atoms with Crippen molar-refractivity contribution in [3.8, 4) is 0 Å². The largest absolute Gasteiger partial charge is 0.448 e. The molecule has 1 heterocycles. The lowest BCUT2D eigenvalue weighted by Crippen LogP contribution is -2.59. The van der Waals surface area contributed by atoms with Crippen LogP contribution in [0.1, 0.15) is 20.3 Å². The van der Waals surface area contributed by atoms with E-state index in [0.717, 1.165) is 0 Å². The Bertz CT molecular complexity index is 466. The van der Waals surface area contributed by atoms with Crippen LogP contribution in [0, 0.1) is 5.41 Å². The SMILES string of the molecule is CC1(C)CC(=O)OC12C(=O)C=C(Br)C(=O)C2Br. The van der Waals surface area contributed by atoms with E-state index < -0.39 is 21.8 Å². The molecule has 0 aromatic heterocycles. The van der Waals surface area contributed by atoms with Crippen LogP contribution in [0.2, 0.25) is 0 Å². The lowest BCUT2D eigenvalue weighted by molar-refractivity contribution is -0.161. The zero-order valence-corrected chi connectivity index (χ0v) is 12.4. The fourth-order valence-electron chi connectivity index (χ4n) is 2.35. The Morgan fingerprint density at radius 3 is 2.41 bits per heavy atom. The predicted octanol–water partition coefficient (Wildman–Crippen LogP) is 1.89. The molecule has 1 saturated heterocycles. The molecule has 92 valence electrons. The van der Waals surface area contributed by atoms with Gasteiger partial charge in [0.15, 0.2) is 11.4 Å². The summed E-state index contributed by atoms with van der Waals surface area (Å²) in [5.74, 6) is -1.10. The normalized spacial score (nSPS) is 36.1. The van der Waals surface area contributed by atoms with Crippen molar-refractivity contribution < 1.29 is 19.1 Å². The molecule has 0 radical (unpaired) electrons. The van der Waals surface area contributed by atoms with E-state index in [1.807, 2.05) is 0 Å². The van der Waals surface area contributed by atoms with E-state index in [9.17, 15) is 14.4 Å². The Kier molecular flexibility index (Phi) is 2.86. The molecule has 0 N–H and O–H groups in total. The zero-order valence-electron chi connectivity index (χ0n) is 9.25. The minimum atomic E-state index is -1.42. The highest BCUT2D eigenvalue weighted by Gasteiger charge is 2.66. The number of ether oxygens (including phenoxy) is 1. The molecule has 0 bridgehead atoms. The first kappa shape index (κ1) is 13.0. The monoisotopic (exact) mass is 364 g/mol. The van der Waals surface area contributed by atoms with Crippen LogP contribution in [0.15, 0.2) is 10.6 Å². The topological polar surface area (TPSA) is 60.4 Å². The number of Topliss-reactive ketones (excluding diaryl/α,β-unsaturated/α-hetero) is 1. The molecule has 2 aliphatic rings. The van der Waals surface area contributed by atoms with E-state index in [1.165, 1.54) is 6.08 Å². The third-order valence-corrected chi connectivity index (χ3v) is 4.99. The molecule has 2 atom stereocenters. The Balaban J connectivity index is 2.62. The maximum Gasteiger partial charge on any atom is 0.307 e. The van der Waals surface area contributed by atoms with Gasteiger partial charge in [0, 0.05) is 11.5 Å². The van der Waals surface area contributed by atoms with Gasteiger partial charge in [0.1, 0.15) is 4.83 Å². The molecule has 2 rings (SSSR count). The molecular formula is C11H10Br2O4. The maximum absolute atomic E-state index is 12.2. The van der Waals surface area contributed by atoms with Crippen LogP contribution >= 0.6 is 31.9 Å². The van der Waals surface area contributed by atoms with Gasteiger partial charge in [-0.2, -0.15) is 0 Å². The summed E-state index contributed by atoms with van der Waals surface area (Å²) in [5.41, 5.74) is -2.13. The molecule has 1 fully saturated rings. The van der Waals surface area contributed by atoms with Crippen molar-refractivity contribution in [1.29, 1.82) is 0 Å². The number of carbonyl (C=O) groups excluding carboxylic acids is 3. The summed E-state index contributed by atoms with van der Waals surface area (Å²) in [6.07, 6.45) is 1.32. The van der Waals surface area contributed by atoms with E-state index in [2.05, 4.69) is 31.9 Å². The van der Waals surface area contributed by atoms with Crippen molar-refractivity contribution in [1.82, 2.24) is 0 Å². The van der Waals surface area contributed by atoms with Gasteiger partial charge in [0.2, 0.25) is 5.78 Å². The van der Waals surface area contributed by atoms with Crippen LogP contribution in [0.5, 0.6) is 0 Å². The van der Waals surface area contributed by atoms with E-state index in [-0.39, 0.29) is 22.5 Å². The van der Waals surface area contributed by atoms with Crippen molar-refractivity contribution in [2.24, 2.45) is 5.41 Å².